The number of carbonyl (C=O) groups excluding carboxylic acids is 2. The minimum atomic E-state index is -4.66. The third kappa shape index (κ3) is 4.70. The number of imidazole rings is 1. The molecule has 2 aromatic heterocycles. The molecule has 2 aliphatic carbocycles. The van der Waals surface area contributed by atoms with Gasteiger partial charge in [0.15, 0.2) is 11.5 Å². The SMILES string of the molecule is Cn1c(-c2cn(C3CC3)nc2C(F)(F)F)cnc1C(=O)Nc1ccc(C(=O)N[C@H]2C[C@@H](N)C2)c(Cl)c1. The standard InChI is InChI=1S/C23H23ClF3N7O2/c1-33-18(16-10-34(14-3-4-14)32-19(16)23(25,26)27)9-29-20(33)22(36)30-12-2-5-15(17(24)8-12)21(35)31-13-6-11(28)7-13/h2,5,8-11,13-14H,3-4,6-7,28H2,1H3,(H,30,36)(H,31,35)/t11-,13+. The first-order valence-electron chi connectivity index (χ1n) is 11.4. The van der Waals surface area contributed by atoms with Crippen LogP contribution in [0.15, 0.2) is 30.6 Å². The van der Waals surface area contributed by atoms with Gasteiger partial charge < -0.3 is 20.9 Å². The zero-order chi connectivity index (χ0) is 25.8. The second-order valence-electron chi connectivity index (χ2n) is 9.18. The summed E-state index contributed by atoms with van der Waals surface area (Å²) in [5.74, 6) is -1.09. The van der Waals surface area contributed by atoms with Gasteiger partial charge in [0, 0.05) is 31.0 Å². The lowest BCUT2D eigenvalue weighted by Crippen LogP contribution is -2.50. The summed E-state index contributed by atoms with van der Waals surface area (Å²) in [6.45, 7) is 0. The number of aromatic nitrogens is 4. The van der Waals surface area contributed by atoms with Crippen LogP contribution in [0.4, 0.5) is 18.9 Å². The molecule has 0 unspecified atom stereocenters. The molecule has 0 atom stereocenters. The summed E-state index contributed by atoms with van der Waals surface area (Å²) >= 11 is 6.26. The van der Waals surface area contributed by atoms with Crippen molar-refractivity contribution in [2.24, 2.45) is 12.8 Å². The van der Waals surface area contributed by atoms with Crippen molar-refractivity contribution >= 4 is 29.1 Å². The van der Waals surface area contributed by atoms with Crippen molar-refractivity contribution in [3.8, 4) is 11.3 Å². The van der Waals surface area contributed by atoms with Crippen LogP contribution in [-0.4, -0.2) is 43.2 Å². The molecule has 36 heavy (non-hydrogen) atoms. The molecule has 0 spiro atoms. The Labute approximate surface area is 208 Å². The van der Waals surface area contributed by atoms with E-state index in [2.05, 4.69) is 20.7 Å². The monoisotopic (exact) mass is 521 g/mol. The van der Waals surface area contributed by atoms with Gasteiger partial charge >= 0.3 is 6.18 Å². The van der Waals surface area contributed by atoms with E-state index in [0.717, 1.165) is 12.8 Å². The van der Waals surface area contributed by atoms with Gasteiger partial charge in [-0.2, -0.15) is 18.3 Å². The highest BCUT2D eigenvalue weighted by molar-refractivity contribution is 6.34. The van der Waals surface area contributed by atoms with Gasteiger partial charge in [0.1, 0.15) is 0 Å². The average molecular weight is 522 g/mol. The first-order chi connectivity index (χ1) is 17.0. The van der Waals surface area contributed by atoms with Gasteiger partial charge in [0.25, 0.3) is 11.8 Å². The van der Waals surface area contributed by atoms with Crippen molar-refractivity contribution in [1.29, 1.82) is 0 Å². The summed E-state index contributed by atoms with van der Waals surface area (Å²) in [6.07, 6.45) is 0.858. The molecule has 2 aliphatic rings. The van der Waals surface area contributed by atoms with Crippen LogP contribution < -0.4 is 16.4 Å². The fraction of sp³-hybridized carbons (Fsp3) is 0.391. The van der Waals surface area contributed by atoms with E-state index >= 15 is 0 Å². The quantitative estimate of drug-likeness (QED) is 0.456. The molecular formula is C23H23ClF3N7O2. The third-order valence-electron chi connectivity index (χ3n) is 6.37. The second kappa shape index (κ2) is 8.93. The summed E-state index contributed by atoms with van der Waals surface area (Å²) in [5.41, 5.74) is 5.24. The van der Waals surface area contributed by atoms with Crippen LogP contribution in [0.3, 0.4) is 0 Å². The lowest BCUT2D eigenvalue weighted by atomic mass is 9.87. The molecule has 1 aromatic carbocycles. The molecule has 0 aliphatic heterocycles. The predicted octanol–water partition coefficient (Wildman–Crippen LogP) is 3.76. The summed E-state index contributed by atoms with van der Waals surface area (Å²) in [4.78, 5) is 29.3. The topological polar surface area (TPSA) is 120 Å². The second-order valence-corrected chi connectivity index (χ2v) is 9.58. The molecule has 3 aromatic rings. The number of anilines is 1. The molecule has 2 amide bonds. The minimum Gasteiger partial charge on any atom is -0.349 e. The van der Waals surface area contributed by atoms with Gasteiger partial charge in [0.2, 0.25) is 0 Å². The Kier molecular flexibility index (Phi) is 6.03. The number of nitrogens with zero attached hydrogens (tertiary/aromatic N) is 4. The fourth-order valence-electron chi connectivity index (χ4n) is 4.19. The third-order valence-corrected chi connectivity index (χ3v) is 6.68. The Morgan fingerprint density at radius 3 is 2.53 bits per heavy atom. The zero-order valence-corrected chi connectivity index (χ0v) is 19.9. The summed E-state index contributed by atoms with van der Waals surface area (Å²) < 4.78 is 43.5. The maximum Gasteiger partial charge on any atom is 0.435 e. The highest BCUT2D eigenvalue weighted by Gasteiger charge is 2.40. The van der Waals surface area contributed by atoms with Crippen molar-refractivity contribution < 1.29 is 22.8 Å². The maximum atomic E-state index is 13.6. The Bertz CT molecular complexity index is 1340. The number of rotatable bonds is 6. The lowest BCUT2D eigenvalue weighted by Gasteiger charge is -2.33. The molecule has 2 fully saturated rings. The number of benzene rings is 1. The number of halogens is 4. The molecule has 5 rings (SSSR count). The largest absolute Gasteiger partial charge is 0.435 e. The maximum absolute atomic E-state index is 13.6. The van der Waals surface area contributed by atoms with Gasteiger partial charge in [-0.1, -0.05) is 11.6 Å². The lowest BCUT2D eigenvalue weighted by molar-refractivity contribution is -0.141. The van der Waals surface area contributed by atoms with E-state index in [4.69, 9.17) is 17.3 Å². The first-order valence-corrected chi connectivity index (χ1v) is 11.7. The number of hydrogen-bond acceptors (Lipinski definition) is 5. The number of hydrogen-bond donors (Lipinski definition) is 3. The highest BCUT2D eigenvalue weighted by atomic mass is 35.5. The Morgan fingerprint density at radius 1 is 1.19 bits per heavy atom. The molecule has 190 valence electrons. The Hall–Kier alpha value is -3.38. The van der Waals surface area contributed by atoms with Crippen LogP contribution in [0.2, 0.25) is 5.02 Å². The number of amides is 2. The van der Waals surface area contributed by atoms with Crippen LogP contribution in [0.25, 0.3) is 11.3 Å². The van der Waals surface area contributed by atoms with Crippen molar-refractivity contribution in [3.63, 3.8) is 0 Å². The Balaban J connectivity index is 1.33. The molecule has 0 radical (unpaired) electrons. The molecule has 4 N–H and O–H groups in total. The van der Waals surface area contributed by atoms with Crippen LogP contribution in [-0.2, 0) is 13.2 Å². The van der Waals surface area contributed by atoms with Crippen LogP contribution in [0.5, 0.6) is 0 Å². The fourth-order valence-corrected chi connectivity index (χ4v) is 4.46. The normalized spacial score (nSPS) is 19.6. The molecule has 9 nitrogen and oxygen atoms in total. The molecule has 2 heterocycles. The molecular weight excluding hydrogens is 499 g/mol. The predicted molar refractivity (Wildman–Crippen MR) is 126 cm³/mol. The number of carbonyl (C=O) groups is 2. The molecule has 0 bridgehead atoms. The summed E-state index contributed by atoms with van der Waals surface area (Å²) in [6, 6.07) is 4.47. The van der Waals surface area contributed by atoms with E-state index < -0.39 is 17.8 Å². The van der Waals surface area contributed by atoms with Gasteiger partial charge in [-0.05, 0) is 43.9 Å². The highest BCUT2D eigenvalue weighted by Crippen LogP contribution is 2.41. The number of nitrogens with two attached hydrogens (primary N) is 1. The number of nitrogens with one attached hydrogen (secondary N) is 2. The van der Waals surface area contributed by atoms with Crippen molar-refractivity contribution in [3.05, 3.63) is 52.7 Å². The molecule has 0 saturated heterocycles. The van der Waals surface area contributed by atoms with E-state index in [-0.39, 0.29) is 51.7 Å². The van der Waals surface area contributed by atoms with E-state index in [1.54, 1.807) is 0 Å². The van der Waals surface area contributed by atoms with Gasteiger partial charge in [-0.25, -0.2) is 4.98 Å². The van der Waals surface area contributed by atoms with Gasteiger partial charge in [-0.15, -0.1) is 0 Å². The van der Waals surface area contributed by atoms with Crippen LogP contribution in [0, 0.1) is 0 Å². The smallest absolute Gasteiger partial charge is 0.349 e. The van der Waals surface area contributed by atoms with E-state index in [1.807, 2.05) is 0 Å². The van der Waals surface area contributed by atoms with Crippen LogP contribution in [0.1, 0.15) is 58.4 Å². The number of alkyl halides is 3. The van der Waals surface area contributed by atoms with Crippen molar-refractivity contribution in [2.45, 2.75) is 50.0 Å². The summed E-state index contributed by atoms with van der Waals surface area (Å²) in [5, 5.41) is 9.35. The van der Waals surface area contributed by atoms with E-state index in [9.17, 15) is 22.8 Å². The van der Waals surface area contributed by atoms with Crippen molar-refractivity contribution in [1.82, 2.24) is 24.6 Å². The Morgan fingerprint density at radius 2 is 1.92 bits per heavy atom. The summed E-state index contributed by atoms with van der Waals surface area (Å²) in [7, 11) is 1.46. The molecule has 2 saturated carbocycles. The molecule has 13 heteroatoms. The minimum absolute atomic E-state index is 0.00907. The van der Waals surface area contributed by atoms with Gasteiger partial charge in [0.05, 0.1) is 34.1 Å². The van der Waals surface area contributed by atoms with Gasteiger partial charge in [-0.3, -0.25) is 14.3 Å². The first kappa shape index (κ1) is 24.3. The zero-order valence-electron chi connectivity index (χ0n) is 19.1. The van der Waals surface area contributed by atoms with Crippen molar-refractivity contribution in [2.75, 3.05) is 5.32 Å². The van der Waals surface area contributed by atoms with Crippen LogP contribution >= 0.6 is 11.6 Å². The van der Waals surface area contributed by atoms with E-state index in [1.165, 1.54) is 46.9 Å². The van der Waals surface area contributed by atoms with E-state index in [0.29, 0.717) is 18.5 Å². The average Bonchev–Trinajstić information content (AvgIpc) is 3.40.